The molecule has 0 saturated carbocycles. The number of hydrogen-bond donors (Lipinski definition) is 1. The Hall–Kier alpha value is -1.03. The van der Waals surface area contributed by atoms with Crippen LogP contribution in [0.25, 0.3) is 10.8 Å². The van der Waals surface area contributed by atoms with E-state index in [1.165, 1.54) is 16.3 Å². The van der Waals surface area contributed by atoms with Crippen molar-refractivity contribution in [3.05, 3.63) is 48.0 Å². The summed E-state index contributed by atoms with van der Waals surface area (Å²) in [5, 5.41) is 3.14. The third kappa shape index (κ3) is 2.85. The molecule has 2 aromatic carbocycles. The molecule has 3 heteroatoms. The molecule has 1 saturated heterocycles. The van der Waals surface area contributed by atoms with Crippen LogP contribution in [0.15, 0.2) is 42.5 Å². The first-order valence-electron chi connectivity index (χ1n) is 7.22. The molecule has 0 radical (unpaired) electrons. The molecule has 1 fully saturated rings. The zero-order valence-corrected chi connectivity index (χ0v) is 12.6. The molecule has 3 rings (SSSR count). The van der Waals surface area contributed by atoms with Crippen molar-refractivity contribution < 1.29 is 4.74 Å². The van der Waals surface area contributed by atoms with Crippen molar-refractivity contribution in [2.45, 2.75) is 30.7 Å². The Morgan fingerprint density at radius 2 is 2.05 bits per heavy atom. The molecule has 0 spiro atoms. The first-order chi connectivity index (χ1) is 9.75. The van der Waals surface area contributed by atoms with E-state index in [0.717, 1.165) is 18.8 Å². The minimum atomic E-state index is 0.0823. The molecule has 0 aromatic heterocycles. The smallest absolute Gasteiger partial charge is 0.0666 e. The van der Waals surface area contributed by atoms with Gasteiger partial charge in [-0.05, 0) is 29.7 Å². The maximum atomic E-state index is 6.42. The molecule has 20 heavy (non-hydrogen) atoms. The molecule has 0 amide bonds. The maximum Gasteiger partial charge on any atom is 0.0666 e. The molecule has 1 aliphatic rings. The SMILES string of the molecule is CC1OCCC1SCC(N)c1cccc2ccccc12. The van der Waals surface area contributed by atoms with Crippen molar-refractivity contribution in [2.24, 2.45) is 5.73 Å². The largest absolute Gasteiger partial charge is 0.377 e. The van der Waals surface area contributed by atoms with Gasteiger partial charge in [-0.3, -0.25) is 0 Å². The highest BCUT2D eigenvalue weighted by atomic mass is 32.2. The lowest BCUT2D eigenvalue weighted by atomic mass is 10.0. The van der Waals surface area contributed by atoms with E-state index in [1.807, 2.05) is 11.8 Å². The highest BCUT2D eigenvalue weighted by molar-refractivity contribution is 8.00. The van der Waals surface area contributed by atoms with Gasteiger partial charge >= 0.3 is 0 Å². The van der Waals surface area contributed by atoms with E-state index in [9.17, 15) is 0 Å². The topological polar surface area (TPSA) is 35.2 Å². The Balaban J connectivity index is 1.73. The molecule has 106 valence electrons. The van der Waals surface area contributed by atoms with E-state index in [2.05, 4.69) is 49.4 Å². The van der Waals surface area contributed by atoms with Crippen LogP contribution in [0, 0.1) is 0 Å². The van der Waals surface area contributed by atoms with Crippen molar-refractivity contribution in [3.8, 4) is 0 Å². The van der Waals surface area contributed by atoms with Gasteiger partial charge in [0.05, 0.1) is 6.10 Å². The molecular formula is C17H21NOS. The fourth-order valence-corrected chi connectivity index (χ4v) is 4.07. The van der Waals surface area contributed by atoms with Crippen molar-refractivity contribution in [3.63, 3.8) is 0 Å². The number of ether oxygens (including phenoxy) is 1. The van der Waals surface area contributed by atoms with Crippen LogP contribution >= 0.6 is 11.8 Å². The Labute approximate surface area is 124 Å². The predicted molar refractivity (Wildman–Crippen MR) is 87.2 cm³/mol. The fraction of sp³-hybridized carbons (Fsp3) is 0.412. The first kappa shape index (κ1) is 13.9. The monoisotopic (exact) mass is 287 g/mol. The molecule has 2 nitrogen and oxygen atoms in total. The summed E-state index contributed by atoms with van der Waals surface area (Å²) in [6.07, 6.45) is 1.51. The zero-order chi connectivity index (χ0) is 13.9. The van der Waals surface area contributed by atoms with Gasteiger partial charge in [-0.1, -0.05) is 42.5 Å². The predicted octanol–water partition coefficient (Wildman–Crippen LogP) is 3.75. The van der Waals surface area contributed by atoms with E-state index < -0.39 is 0 Å². The summed E-state index contributed by atoms with van der Waals surface area (Å²) in [6, 6.07) is 14.9. The van der Waals surface area contributed by atoms with Crippen LogP contribution in [0.2, 0.25) is 0 Å². The summed E-state index contributed by atoms with van der Waals surface area (Å²) in [4.78, 5) is 0. The molecule has 3 unspecified atom stereocenters. The van der Waals surface area contributed by atoms with Gasteiger partial charge in [0.1, 0.15) is 0 Å². The van der Waals surface area contributed by atoms with E-state index in [1.54, 1.807) is 0 Å². The van der Waals surface area contributed by atoms with E-state index in [4.69, 9.17) is 10.5 Å². The number of fused-ring (bicyclic) bond motifs is 1. The maximum absolute atomic E-state index is 6.42. The van der Waals surface area contributed by atoms with Gasteiger partial charge in [-0.2, -0.15) is 11.8 Å². The second kappa shape index (κ2) is 6.17. The Morgan fingerprint density at radius 3 is 2.85 bits per heavy atom. The highest BCUT2D eigenvalue weighted by Crippen LogP contribution is 2.31. The van der Waals surface area contributed by atoms with Crippen molar-refractivity contribution in [1.29, 1.82) is 0 Å². The molecule has 1 aliphatic heterocycles. The second-order valence-electron chi connectivity index (χ2n) is 5.41. The van der Waals surface area contributed by atoms with Crippen molar-refractivity contribution in [1.82, 2.24) is 0 Å². The Morgan fingerprint density at radius 1 is 1.25 bits per heavy atom. The molecule has 0 bridgehead atoms. The minimum absolute atomic E-state index is 0.0823. The van der Waals surface area contributed by atoms with Gasteiger partial charge in [0.25, 0.3) is 0 Å². The zero-order valence-electron chi connectivity index (χ0n) is 11.8. The molecule has 1 heterocycles. The summed E-state index contributed by atoms with van der Waals surface area (Å²) in [7, 11) is 0. The lowest BCUT2D eigenvalue weighted by Gasteiger charge is -2.18. The fourth-order valence-electron chi connectivity index (χ4n) is 2.82. The van der Waals surface area contributed by atoms with Crippen LogP contribution in [0.3, 0.4) is 0 Å². The summed E-state index contributed by atoms with van der Waals surface area (Å²) < 4.78 is 5.61. The van der Waals surface area contributed by atoms with E-state index >= 15 is 0 Å². The summed E-state index contributed by atoms with van der Waals surface area (Å²) in [5.41, 5.74) is 7.68. The number of hydrogen-bond acceptors (Lipinski definition) is 3. The molecule has 0 aliphatic carbocycles. The average molecular weight is 287 g/mol. The van der Waals surface area contributed by atoms with Crippen LogP contribution in [0.4, 0.5) is 0 Å². The number of thioether (sulfide) groups is 1. The van der Waals surface area contributed by atoms with Gasteiger partial charge in [-0.25, -0.2) is 0 Å². The molecule has 2 aromatic rings. The number of benzene rings is 2. The summed E-state index contributed by atoms with van der Waals surface area (Å²) in [5.74, 6) is 0.951. The van der Waals surface area contributed by atoms with Gasteiger partial charge in [-0.15, -0.1) is 0 Å². The van der Waals surface area contributed by atoms with Crippen molar-refractivity contribution >= 4 is 22.5 Å². The number of rotatable bonds is 4. The third-order valence-electron chi connectivity index (χ3n) is 4.02. The van der Waals surface area contributed by atoms with Crippen LogP contribution in [-0.2, 0) is 4.74 Å². The normalized spacial score (nSPS) is 24.1. The standard InChI is InChI=1S/C17H21NOS/c1-12-17(9-10-19-12)20-11-16(18)15-8-4-6-13-5-2-3-7-14(13)15/h2-8,12,16-17H,9-11,18H2,1H3. The Bertz CT molecular complexity index is 581. The van der Waals surface area contributed by atoms with E-state index in [0.29, 0.717) is 11.4 Å². The highest BCUT2D eigenvalue weighted by Gasteiger charge is 2.25. The molecule has 2 N–H and O–H groups in total. The van der Waals surface area contributed by atoms with Crippen LogP contribution < -0.4 is 5.73 Å². The quantitative estimate of drug-likeness (QED) is 0.930. The summed E-state index contributed by atoms with van der Waals surface area (Å²) in [6.45, 7) is 3.05. The molecule has 3 atom stereocenters. The Kier molecular flexibility index (Phi) is 4.29. The second-order valence-corrected chi connectivity index (χ2v) is 6.68. The van der Waals surface area contributed by atoms with Crippen molar-refractivity contribution in [2.75, 3.05) is 12.4 Å². The lowest BCUT2D eigenvalue weighted by molar-refractivity contribution is 0.127. The minimum Gasteiger partial charge on any atom is -0.377 e. The van der Waals surface area contributed by atoms with Gasteiger partial charge in [0.2, 0.25) is 0 Å². The number of nitrogens with two attached hydrogens (primary N) is 1. The van der Waals surface area contributed by atoms with Gasteiger partial charge in [0, 0.05) is 23.7 Å². The first-order valence-corrected chi connectivity index (χ1v) is 8.27. The molecular weight excluding hydrogens is 266 g/mol. The summed E-state index contributed by atoms with van der Waals surface area (Å²) >= 11 is 1.95. The van der Waals surface area contributed by atoms with Gasteiger partial charge < -0.3 is 10.5 Å². The third-order valence-corrected chi connectivity index (χ3v) is 5.62. The van der Waals surface area contributed by atoms with Gasteiger partial charge in [0.15, 0.2) is 0 Å². The van der Waals surface area contributed by atoms with Crippen LogP contribution in [0.1, 0.15) is 24.9 Å². The lowest BCUT2D eigenvalue weighted by Crippen LogP contribution is -2.19. The van der Waals surface area contributed by atoms with Crippen LogP contribution in [-0.4, -0.2) is 23.7 Å². The van der Waals surface area contributed by atoms with Crippen LogP contribution in [0.5, 0.6) is 0 Å². The average Bonchev–Trinajstić information content (AvgIpc) is 2.89. The van der Waals surface area contributed by atoms with E-state index in [-0.39, 0.29) is 6.04 Å².